The molecule has 4 heterocycles. The van der Waals surface area contributed by atoms with Gasteiger partial charge in [-0.15, -0.1) is 10.2 Å². The molecule has 1 fully saturated rings. The maximum atomic E-state index is 13.6. The van der Waals surface area contributed by atoms with E-state index in [0.29, 0.717) is 41.4 Å². The van der Waals surface area contributed by atoms with Crippen molar-refractivity contribution in [1.29, 1.82) is 0 Å². The third-order valence-corrected chi connectivity index (χ3v) is 6.87. The Labute approximate surface area is 191 Å². The van der Waals surface area contributed by atoms with Gasteiger partial charge in [0.25, 0.3) is 11.5 Å². The SMILES string of the molecule is CCc1cc2c(cc1C(=O)N1CCc3cc(Br)cnc31)[nH]c(=O)c1nnc(CC3CC3)n12. The molecule has 0 saturated heterocycles. The highest BCUT2D eigenvalue weighted by atomic mass is 79.9. The van der Waals surface area contributed by atoms with Gasteiger partial charge in [0.1, 0.15) is 11.6 Å². The molecule has 162 valence electrons. The molecule has 0 unspecified atom stereocenters. The van der Waals surface area contributed by atoms with Gasteiger partial charge in [0.05, 0.1) is 11.0 Å². The van der Waals surface area contributed by atoms with Crippen LogP contribution in [0.15, 0.2) is 33.7 Å². The number of fused-ring (bicyclic) bond motifs is 4. The van der Waals surface area contributed by atoms with Gasteiger partial charge >= 0.3 is 0 Å². The van der Waals surface area contributed by atoms with Gasteiger partial charge in [-0.3, -0.25) is 18.9 Å². The van der Waals surface area contributed by atoms with Crippen LogP contribution in [0.3, 0.4) is 0 Å². The number of anilines is 1. The monoisotopic (exact) mass is 492 g/mol. The molecule has 1 amide bonds. The van der Waals surface area contributed by atoms with Gasteiger partial charge in [-0.05, 0) is 76.9 Å². The molecule has 1 aliphatic heterocycles. The minimum absolute atomic E-state index is 0.0970. The highest BCUT2D eigenvalue weighted by Gasteiger charge is 2.29. The first-order valence-electron chi connectivity index (χ1n) is 10.9. The Morgan fingerprint density at radius 2 is 2.09 bits per heavy atom. The van der Waals surface area contributed by atoms with E-state index < -0.39 is 0 Å². The van der Waals surface area contributed by atoms with Crippen molar-refractivity contribution >= 4 is 44.3 Å². The number of amides is 1. The molecule has 2 aliphatic rings. The number of aromatic amines is 1. The number of rotatable bonds is 4. The second-order valence-electron chi connectivity index (χ2n) is 8.60. The molecule has 1 N–H and O–H groups in total. The summed E-state index contributed by atoms with van der Waals surface area (Å²) >= 11 is 3.45. The first-order chi connectivity index (χ1) is 15.5. The van der Waals surface area contributed by atoms with E-state index in [4.69, 9.17) is 0 Å². The number of nitrogens with zero attached hydrogens (tertiary/aromatic N) is 5. The maximum Gasteiger partial charge on any atom is 0.294 e. The van der Waals surface area contributed by atoms with Gasteiger partial charge in [-0.2, -0.15) is 0 Å². The summed E-state index contributed by atoms with van der Waals surface area (Å²) in [5.74, 6) is 2.03. The van der Waals surface area contributed by atoms with Crippen molar-refractivity contribution < 1.29 is 4.79 Å². The predicted molar refractivity (Wildman–Crippen MR) is 124 cm³/mol. The zero-order chi connectivity index (χ0) is 22.0. The van der Waals surface area contributed by atoms with Crippen molar-refractivity contribution in [3.63, 3.8) is 0 Å². The molecule has 0 bridgehead atoms. The molecular weight excluding hydrogens is 472 g/mol. The summed E-state index contributed by atoms with van der Waals surface area (Å²) in [5.41, 5.74) is 4.01. The first-order valence-corrected chi connectivity index (χ1v) is 11.7. The fourth-order valence-corrected chi connectivity index (χ4v) is 4.98. The lowest BCUT2D eigenvalue weighted by Crippen LogP contribution is -2.30. The summed E-state index contributed by atoms with van der Waals surface area (Å²) < 4.78 is 2.77. The fourth-order valence-electron chi connectivity index (χ4n) is 4.60. The number of aryl methyl sites for hydroxylation is 1. The number of pyridine rings is 1. The van der Waals surface area contributed by atoms with E-state index in [1.54, 1.807) is 17.2 Å². The lowest BCUT2D eigenvalue weighted by molar-refractivity contribution is 0.0988. The quantitative estimate of drug-likeness (QED) is 0.470. The average Bonchev–Trinajstić information content (AvgIpc) is 3.35. The zero-order valence-electron chi connectivity index (χ0n) is 17.6. The van der Waals surface area contributed by atoms with E-state index in [2.05, 4.69) is 36.1 Å². The topological polar surface area (TPSA) is 96.2 Å². The van der Waals surface area contributed by atoms with E-state index in [9.17, 15) is 9.59 Å². The Morgan fingerprint density at radius 3 is 2.88 bits per heavy atom. The summed E-state index contributed by atoms with van der Waals surface area (Å²) in [4.78, 5) is 35.4. The van der Waals surface area contributed by atoms with Crippen molar-refractivity contribution in [3.05, 3.63) is 61.7 Å². The van der Waals surface area contributed by atoms with Crippen molar-refractivity contribution in [1.82, 2.24) is 24.6 Å². The third kappa shape index (κ3) is 3.06. The van der Waals surface area contributed by atoms with Gasteiger partial charge < -0.3 is 4.98 Å². The fraction of sp³-hybridized carbons (Fsp3) is 0.348. The molecule has 4 aromatic rings. The summed E-state index contributed by atoms with van der Waals surface area (Å²) in [5, 5.41) is 8.44. The minimum Gasteiger partial charge on any atom is -0.317 e. The highest BCUT2D eigenvalue weighted by Crippen LogP contribution is 2.33. The molecule has 0 atom stereocenters. The Morgan fingerprint density at radius 1 is 1.25 bits per heavy atom. The summed E-state index contributed by atoms with van der Waals surface area (Å²) in [7, 11) is 0. The number of halogens is 1. The number of carbonyl (C=O) groups excluding carboxylic acids is 1. The molecular formula is C23H21BrN6O2. The van der Waals surface area contributed by atoms with Crippen LogP contribution in [0.1, 0.15) is 47.1 Å². The Balaban J connectivity index is 1.50. The normalized spacial score (nSPS) is 15.6. The van der Waals surface area contributed by atoms with Crippen molar-refractivity contribution in [2.45, 2.75) is 39.0 Å². The minimum atomic E-state index is -0.298. The van der Waals surface area contributed by atoms with Crippen molar-refractivity contribution in [3.8, 4) is 0 Å². The Bertz CT molecular complexity index is 1470. The standard InChI is InChI=1S/C23H21BrN6O2/c1-2-13-9-18-17(26-22(31)21-28-27-19(30(18)21)7-12-3-4-12)10-16(13)23(32)29-6-5-14-8-15(24)11-25-20(14)29/h8-12H,2-7H2,1H3,(H,26,31). The van der Waals surface area contributed by atoms with Crippen LogP contribution in [-0.2, 0) is 19.3 Å². The zero-order valence-corrected chi connectivity index (χ0v) is 19.1. The van der Waals surface area contributed by atoms with E-state index in [-0.39, 0.29) is 11.5 Å². The predicted octanol–water partition coefficient (Wildman–Crippen LogP) is 3.45. The molecule has 0 spiro atoms. The summed E-state index contributed by atoms with van der Waals surface area (Å²) in [6.45, 7) is 2.62. The second-order valence-corrected chi connectivity index (χ2v) is 9.52. The number of H-pyrrole nitrogens is 1. The van der Waals surface area contributed by atoms with E-state index in [1.165, 1.54) is 12.8 Å². The smallest absolute Gasteiger partial charge is 0.294 e. The Kier molecular flexibility index (Phi) is 4.43. The lowest BCUT2D eigenvalue weighted by Gasteiger charge is -2.19. The van der Waals surface area contributed by atoms with Crippen molar-refractivity contribution in [2.75, 3.05) is 11.4 Å². The van der Waals surface area contributed by atoms with Crippen LogP contribution in [0, 0.1) is 5.92 Å². The number of aromatic nitrogens is 5. The van der Waals surface area contributed by atoms with Gasteiger partial charge in [-0.25, -0.2) is 4.98 Å². The molecule has 6 rings (SSSR count). The molecule has 1 aliphatic carbocycles. The number of nitrogens with one attached hydrogen (secondary N) is 1. The molecule has 9 heteroatoms. The van der Waals surface area contributed by atoms with Gasteiger partial charge in [0.2, 0.25) is 5.65 Å². The van der Waals surface area contributed by atoms with Crippen LogP contribution in [0.5, 0.6) is 0 Å². The molecule has 32 heavy (non-hydrogen) atoms. The van der Waals surface area contributed by atoms with Gasteiger partial charge in [0.15, 0.2) is 0 Å². The van der Waals surface area contributed by atoms with Crippen LogP contribution >= 0.6 is 15.9 Å². The van der Waals surface area contributed by atoms with E-state index >= 15 is 0 Å². The molecule has 8 nitrogen and oxygen atoms in total. The van der Waals surface area contributed by atoms with Crippen LogP contribution < -0.4 is 10.5 Å². The van der Waals surface area contributed by atoms with Crippen LogP contribution in [0.2, 0.25) is 0 Å². The van der Waals surface area contributed by atoms with Crippen LogP contribution in [-0.4, -0.2) is 37.0 Å². The van der Waals surface area contributed by atoms with E-state index in [1.807, 2.05) is 23.5 Å². The highest BCUT2D eigenvalue weighted by molar-refractivity contribution is 9.10. The molecule has 3 aromatic heterocycles. The summed E-state index contributed by atoms with van der Waals surface area (Å²) in [6, 6.07) is 5.81. The Hall–Kier alpha value is -3.07. The summed E-state index contributed by atoms with van der Waals surface area (Å²) in [6.07, 6.45) is 6.37. The molecule has 1 aromatic carbocycles. The second kappa shape index (κ2) is 7.23. The number of benzene rings is 1. The average molecular weight is 493 g/mol. The molecule has 0 radical (unpaired) electrons. The maximum absolute atomic E-state index is 13.6. The third-order valence-electron chi connectivity index (χ3n) is 6.44. The number of hydrogen-bond donors (Lipinski definition) is 1. The molecule has 1 saturated carbocycles. The van der Waals surface area contributed by atoms with Crippen LogP contribution in [0.4, 0.5) is 5.82 Å². The number of carbonyl (C=O) groups is 1. The van der Waals surface area contributed by atoms with Gasteiger partial charge in [-0.1, -0.05) is 6.92 Å². The lowest BCUT2D eigenvalue weighted by atomic mass is 10.0. The first kappa shape index (κ1) is 19.6. The van der Waals surface area contributed by atoms with E-state index in [0.717, 1.165) is 39.8 Å². The number of hydrogen-bond acceptors (Lipinski definition) is 5. The van der Waals surface area contributed by atoms with Gasteiger partial charge in [0, 0.05) is 29.2 Å². The van der Waals surface area contributed by atoms with Crippen molar-refractivity contribution in [2.24, 2.45) is 5.92 Å². The largest absolute Gasteiger partial charge is 0.317 e. The van der Waals surface area contributed by atoms with Crippen LogP contribution in [0.25, 0.3) is 16.7 Å².